The second-order valence-electron chi connectivity index (χ2n) is 10.6. The van der Waals surface area contributed by atoms with Gasteiger partial charge < -0.3 is 9.47 Å². The molecule has 5 rings (SSSR count). The van der Waals surface area contributed by atoms with Gasteiger partial charge in [-0.3, -0.25) is 14.4 Å². The number of rotatable bonds is 4. The van der Waals surface area contributed by atoms with Crippen LogP contribution in [0.25, 0.3) is 0 Å². The number of carbonyl (C=O) groups is 3. The largest absolute Gasteiger partial charge is 0.450 e. The van der Waals surface area contributed by atoms with Gasteiger partial charge in [0.25, 0.3) is 0 Å². The fourth-order valence-corrected chi connectivity index (χ4v) is 7.89. The highest BCUT2D eigenvalue weighted by Crippen LogP contribution is 2.76. The summed E-state index contributed by atoms with van der Waals surface area (Å²) >= 11 is 0. The van der Waals surface area contributed by atoms with Gasteiger partial charge in [-0.1, -0.05) is 19.9 Å². The van der Waals surface area contributed by atoms with Gasteiger partial charge >= 0.3 is 5.97 Å². The van der Waals surface area contributed by atoms with Gasteiger partial charge in [0, 0.05) is 17.3 Å². The third-order valence-corrected chi connectivity index (χ3v) is 9.35. The van der Waals surface area contributed by atoms with Crippen LogP contribution in [-0.4, -0.2) is 41.0 Å². The summed E-state index contributed by atoms with van der Waals surface area (Å²) in [6.07, 6.45) is 6.41. The first-order valence-electron chi connectivity index (χ1n) is 11.6. The van der Waals surface area contributed by atoms with Gasteiger partial charge in [0.15, 0.2) is 17.2 Å². The predicted octanol–water partition coefficient (Wildman–Crippen LogP) is 4.04. The highest BCUT2D eigenvalue weighted by molar-refractivity contribution is 6.01. The second kappa shape index (κ2) is 6.37. The summed E-state index contributed by atoms with van der Waals surface area (Å²) in [6.45, 7) is 7.44. The van der Waals surface area contributed by atoms with Crippen LogP contribution in [0.2, 0.25) is 0 Å². The molecule has 1 heterocycles. The van der Waals surface area contributed by atoms with E-state index in [2.05, 4.69) is 0 Å². The molecule has 8 atom stereocenters. The maximum Gasteiger partial charge on any atom is 0.306 e. The van der Waals surface area contributed by atoms with E-state index < -0.39 is 28.2 Å². The predicted molar refractivity (Wildman–Crippen MR) is 111 cm³/mol. The number of carbonyl (C=O) groups excluding carboxylic acids is 3. The normalized spacial score (nSPS) is 49.3. The fraction of sp³-hybridized carbons (Fsp3) is 0.720. The third kappa shape index (κ3) is 2.37. The Balaban J connectivity index is 1.56. The number of ether oxygens (including phenoxy) is 2. The van der Waals surface area contributed by atoms with Gasteiger partial charge in [0.1, 0.15) is 11.8 Å². The molecule has 5 nitrogen and oxygen atoms in total. The summed E-state index contributed by atoms with van der Waals surface area (Å²) in [7, 11) is 0. The van der Waals surface area contributed by atoms with Crippen molar-refractivity contribution in [2.24, 2.45) is 22.7 Å². The smallest absolute Gasteiger partial charge is 0.306 e. The summed E-state index contributed by atoms with van der Waals surface area (Å²) in [5.74, 6) is -0.740. The molecule has 3 saturated carbocycles. The summed E-state index contributed by atoms with van der Waals surface area (Å²) < 4.78 is 27.9. The highest BCUT2D eigenvalue weighted by Gasteiger charge is 2.82. The van der Waals surface area contributed by atoms with Crippen molar-refractivity contribution in [1.29, 1.82) is 0 Å². The Bertz CT molecular complexity index is 938. The molecule has 1 saturated heterocycles. The molecule has 0 radical (unpaired) electrons. The average Bonchev–Trinajstić information content (AvgIpc) is 3.34. The van der Waals surface area contributed by atoms with E-state index in [1.165, 1.54) is 19.1 Å². The molecule has 0 aromatic carbocycles. The lowest BCUT2D eigenvalue weighted by Gasteiger charge is -2.56. The molecule has 1 aliphatic heterocycles. The first-order valence-corrected chi connectivity index (χ1v) is 11.6. The van der Waals surface area contributed by atoms with Crippen molar-refractivity contribution in [3.63, 3.8) is 0 Å². The minimum Gasteiger partial charge on any atom is -0.450 e. The number of allylic oxidation sites excluding steroid dienone is 2. The second-order valence-corrected chi connectivity index (χ2v) is 10.6. The van der Waals surface area contributed by atoms with Crippen LogP contribution in [0.1, 0.15) is 66.2 Å². The zero-order valence-electron chi connectivity index (χ0n) is 18.7. The Morgan fingerprint density at radius 1 is 1.29 bits per heavy atom. The molecular weight excluding hydrogens is 399 g/mol. The molecule has 4 aliphatic carbocycles. The van der Waals surface area contributed by atoms with E-state index in [0.29, 0.717) is 31.3 Å². The fourth-order valence-electron chi connectivity index (χ4n) is 7.89. The van der Waals surface area contributed by atoms with Crippen LogP contribution in [0.5, 0.6) is 0 Å². The Morgan fingerprint density at radius 2 is 2.03 bits per heavy atom. The van der Waals surface area contributed by atoms with Crippen LogP contribution in [0, 0.1) is 22.7 Å². The van der Waals surface area contributed by atoms with Crippen molar-refractivity contribution in [1.82, 2.24) is 0 Å². The van der Waals surface area contributed by atoms with Crippen molar-refractivity contribution < 1.29 is 28.2 Å². The zero-order chi connectivity index (χ0) is 22.4. The molecule has 0 amide bonds. The van der Waals surface area contributed by atoms with Gasteiger partial charge in [-0.15, -0.1) is 0 Å². The zero-order valence-corrected chi connectivity index (χ0v) is 18.7. The number of hydrogen-bond acceptors (Lipinski definition) is 5. The lowest BCUT2D eigenvalue weighted by atomic mass is 9.46. The molecular formula is C25H31FO5. The van der Waals surface area contributed by atoms with Gasteiger partial charge in [0.2, 0.25) is 0 Å². The molecule has 0 aromatic heterocycles. The van der Waals surface area contributed by atoms with Crippen LogP contribution >= 0.6 is 0 Å². The molecule has 6 heteroatoms. The molecule has 0 bridgehead atoms. The molecule has 0 N–H and O–H groups in total. The van der Waals surface area contributed by atoms with Gasteiger partial charge in [-0.2, -0.15) is 0 Å². The highest BCUT2D eigenvalue weighted by atomic mass is 19.1. The minimum absolute atomic E-state index is 0.00669. The number of hydrogen-bond donors (Lipinski definition) is 0. The van der Waals surface area contributed by atoms with Crippen LogP contribution in [0.3, 0.4) is 0 Å². The molecule has 0 aromatic rings. The SMILES string of the molecule is CCCC(=O)O[C@]1(C(C)=O)CC[C@H]2[C@@H]3CC(F)C4=CC(=O)C=C[C@]4(C)[C@]34OC4C[C@@]21C. The number of fused-ring (bicyclic) bond motifs is 3. The standard InChI is InChI=1S/C25H31FO5/c1-5-6-21(29)31-24(14(2)27)10-8-16-17-12-19(26)18-11-15(28)7-9-22(18,3)25(17)20(30-25)13-23(16,24)4/h7,9,11,16-17,19-20H,5-6,8,10,12-13H2,1-4H3/t16-,17-,19?,20?,22-,23-,24-,25-/m0/s1. The number of alkyl halides is 1. The Hall–Kier alpha value is -1.82. The van der Waals surface area contributed by atoms with Crippen LogP contribution in [0.15, 0.2) is 23.8 Å². The van der Waals surface area contributed by atoms with Gasteiger partial charge in [0.05, 0.1) is 6.10 Å². The quantitative estimate of drug-likeness (QED) is 0.497. The Morgan fingerprint density at radius 3 is 2.71 bits per heavy atom. The summed E-state index contributed by atoms with van der Waals surface area (Å²) in [5.41, 5.74) is -2.47. The van der Waals surface area contributed by atoms with Crippen molar-refractivity contribution in [2.75, 3.05) is 0 Å². The summed E-state index contributed by atoms with van der Waals surface area (Å²) in [4.78, 5) is 37.5. The first kappa shape index (κ1) is 21.0. The Labute approximate surface area is 182 Å². The Kier molecular flexibility index (Phi) is 4.32. The van der Waals surface area contributed by atoms with Crippen molar-refractivity contribution >= 4 is 17.5 Å². The molecule has 4 fully saturated rings. The van der Waals surface area contributed by atoms with E-state index in [1.807, 2.05) is 26.8 Å². The molecule has 5 aliphatic rings. The van der Waals surface area contributed by atoms with E-state index in [9.17, 15) is 14.4 Å². The number of Topliss-reactive ketones (excluding diaryl/α,β-unsaturated/α-hetero) is 1. The van der Waals surface area contributed by atoms with Gasteiger partial charge in [-0.05, 0) is 75.5 Å². The van der Waals surface area contributed by atoms with Crippen LogP contribution in [-0.2, 0) is 23.9 Å². The van der Waals surface area contributed by atoms with E-state index >= 15 is 4.39 Å². The molecule has 2 unspecified atom stereocenters. The molecule has 1 spiro atoms. The maximum atomic E-state index is 15.5. The number of epoxide rings is 1. The van der Waals surface area contributed by atoms with Crippen LogP contribution in [0.4, 0.5) is 4.39 Å². The minimum atomic E-state index is -1.23. The van der Waals surface area contributed by atoms with Crippen molar-refractivity contribution in [2.45, 2.75) is 89.7 Å². The third-order valence-electron chi connectivity index (χ3n) is 9.35. The molecule has 168 valence electrons. The maximum absolute atomic E-state index is 15.5. The summed E-state index contributed by atoms with van der Waals surface area (Å²) in [5, 5.41) is 0. The lowest BCUT2D eigenvalue weighted by Crippen LogP contribution is -2.63. The van der Waals surface area contributed by atoms with Gasteiger partial charge in [-0.25, -0.2) is 4.39 Å². The average molecular weight is 431 g/mol. The van der Waals surface area contributed by atoms with Crippen LogP contribution < -0.4 is 0 Å². The first-order chi connectivity index (χ1) is 14.6. The van der Waals surface area contributed by atoms with E-state index in [4.69, 9.17) is 9.47 Å². The number of ketones is 2. The van der Waals surface area contributed by atoms with Crippen molar-refractivity contribution in [3.8, 4) is 0 Å². The van der Waals surface area contributed by atoms with E-state index in [-0.39, 0.29) is 48.3 Å². The van der Waals surface area contributed by atoms with E-state index in [0.717, 1.165) is 0 Å². The molecule has 31 heavy (non-hydrogen) atoms. The monoisotopic (exact) mass is 430 g/mol. The number of halogens is 1. The topological polar surface area (TPSA) is 73.0 Å². The number of esters is 1. The van der Waals surface area contributed by atoms with Crippen molar-refractivity contribution in [3.05, 3.63) is 23.8 Å². The summed E-state index contributed by atoms with van der Waals surface area (Å²) in [6, 6.07) is 0. The van der Waals surface area contributed by atoms with E-state index in [1.54, 1.807) is 0 Å². The lowest BCUT2D eigenvalue weighted by molar-refractivity contribution is -0.186.